The molecule has 0 saturated carbocycles. The number of benzene rings is 3. The number of amides is 2. The molecular weight excluding hydrogens is 478 g/mol. The summed E-state index contributed by atoms with van der Waals surface area (Å²) in [6.07, 6.45) is 0.907. The third kappa shape index (κ3) is 7.02. The zero-order chi connectivity index (χ0) is 26.4. The predicted molar refractivity (Wildman–Crippen MR) is 152 cm³/mol. The third-order valence-electron chi connectivity index (χ3n) is 7.05. The molecule has 2 amide bonds. The van der Waals surface area contributed by atoms with E-state index in [1.807, 2.05) is 29.2 Å². The summed E-state index contributed by atoms with van der Waals surface area (Å²) in [5, 5.41) is 3.09. The molecule has 37 heavy (non-hydrogen) atoms. The van der Waals surface area contributed by atoms with Crippen molar-refractivity contribution in [2.45, 2.75) is 58.1 Å². The molecule has 1 atom stereocenters. The number of hydrogen-bond donors (Lipinski definition) is 2. The number of aryl methyl sites for hydroxylation is 2. The van der Waals surface area contributed by atoms with Gasteiger partial charge in [0.2, 0.25) is 5.91 Å². The van der Waals surface area contributed by atoms with Gasteiger partial charge < -0.3 is 15.1 Å². The average molecular weight is 517 g/mol. The van der Waals surface area contributed by atoms with Crippen molar-refractivity contribution in [3.8, 4) is 0 Å². The Morgan fingerprint density at radius 1 is 1.05 bits per heavy atom. The molecule has 1 unspecified atom stereocenters. The lowest BCUT2D eigenvalue weighted by molar-refractivity contribution is -0.935. The number of thioether (sulfide) groups is 1. The van der Waals surface area contributed by atoms with Gasteiger partial charge in [0, 0.05) is 29.0 Å². The van der Waals surface area contributed by atoms with Crippen LogP contribution >= 0.6 is 11.8 Å². The second-order valence-corrected chi connectivity index (χ2v) is 11.2. The molecule has 0 radical (unpaired) electrons. The number of quaternary nitrogens is 1. The first-order chi connectivity index (χ1) is 17.8. The van der Waals surface area contributed by atoms with Crippen LogP contribution in [0.5, 0.6) is 0 Å². The minimum absolute atomic E-state index is 0.0751. The molecule has 0 saturated heterocycles. The normalized spacial score (nSPS) is 14.0. The van der Waals surface area contributed by atoms with E-state index in [0.29, 0.717) is 30.4 Å². The number of carbonyl (C=O) groups is 2. The van der Waals surface area contributed by atoms with Gasteiger partial charge in [-0.3, -0.25) is 9.59 Å². The van der Waals surface area contributed by atoms with Crippen molar-refractivity contribution in [2.75, 3.05) is 23.7 Å². The van der Waals surface area contributed by atoms with E-state index in [4.69, 9.17) is 0 Å². The molecule has 1 heterocycles. The highest BCUT2D eigenvalue weighted by atomic mass is 32.2. The molecule has 194 valence electrons. The fraction of sp³-hybridized carbons (Fsp3) is 0.355. The first-order valence-corrected chi connectivity index (χ1v) is 14.1. The number of nitrogens with zero attached hydrogens (tertiary/aromatic N) is 1. The van der Waals surface area contributed by atoms with Crippen LogP contribution in [0.3, 0.4) is 0 Å². The number of nitrogens with one attached hydrogen (secondary N) is 2. The zero-order valence-corrected chi connectivity index (χ0v) is 23.2. The average Bonchev–Trinajstić information content (AvgIpc) is 2.89. The van der Waals surface area contributed by atoms with Crippen molar-refractivity contribution in [1.29, 1.82) is 0 Å². The van der Waals surface area contributed by atoms with Gasteiger partial charge in [-0.1, -0.05) is 54.1 Å². The standard InChI is InChI=1S/C31H37N3O2S/c1-22(2)33(19-25-9-6-5-7-10-25)16-8-15-32-31(36)26-13-14-29-28(18-26)34(30(35)21-37-29)20-27-17-23(3)11-12-24(27)4/h5-7,9-14,17-18,22H,8,15-16,19-21H2,1-4H3,(H,32,36)/p+1. The number of fused-ring (bicyclic) bond motifs is 1. The second kappa shape index (κ2) is 12.4. The highest BCUT2D eigenvalue weighted by molar-refractivity contribution is 8.00. The van der Waals surface area contributed by atoms with Crippen LogP contribution in [0.4, 0.5) is 5.69 Å². The minimum Gasteiger partial charge on any atom is -0.352 e. The Bertz CT molecular complexity index is 1240. The Balaban J connectivity index is 1.38. The van der Waals surface area contributed by atoms with Gasteiger partial charge in [-0.15, -0.1) is 11.8 Å². The van der Waals surface area contributed by atoms with Crippen LogP contribution in [0.15, 0.2) is 71.6 Å². The van der Waals surface area contributed by atoms with E-state index in [2.05, 4.69) is 75.5 Å². The van der Waals surface area contributed by atoms with Crippen molar-refractivity contribution < 1.29 is 14.5 Å². The molecular formula is C31H38N3O2S+. The van der Waals surface area contributed by atoms with E-state index >= 15 is 0 Å². The second-order valence-electron chi connectivity index (χ2n) is 10.2. The van der Waals surface area contributed by atoms with Crippen molar-refractivity contribution in [3.05, 3.63) is 94.5 Å². The quantitative estimate of drug-likeness (QED) is 0.389. The molecule has 0 aromatic heterocycles. The topological polar surface area (TPSA) is 53.9 Å². The Morgan fingerprint density at radius 2 is 1.84 bits per heavy atom. The van der Waals surface area contributed by atoms with Crippen LogP contribution in [0.1, 0.15) is 52.9 Å². The number of hydrogen-bond acceptors (Lipinski definition) is 3. The van der Waals surface area contributed by atoms with Crippen LogP contribution in [-0.4, -0.2) is 36.7 Å². The molecule has 0 aliphatic carbocycles. The fourth-order valence-corrected chi connectivity index (χ4v) is 5.63. The Labute approximate surface area is 225 Å². The first-order valence-electron chi connectivity index (χ1n) is 13.1. The summed E-state index contributed by atoms with van der Waals surface area (Å²) in [6.45, 7) is 11.7. The van der Waals surface area contributed by atoms with Gasteiger partial charge in [0.25, 0.3) is 5.91 Å². The maximum Gasteiger partial charge on any atom is 0.251 e. The molecule has 0 fully saturated rings. The maximum absolute atomic E-state index is 13.0. The molecule has 4 rings (SSSR count). The van der Waals surface area contributed by atoms with Crippen LogP contribution in [-0.2, 0) is 17.9 Å². The van der Waals surface area contributed by atoms with E-state index < -0.39 is 0 Å². The zero-order valence-electron chi connectivity index (χ0n) is 22.3. The Kier molecular flexibility index (Phi) is 9.06. The lowest BCUT2D eigenvalue weighted by atomic mass is 10.0. The van der Waals surface area contributed by atoms with Crippen molar-refractivity contribution in [3.63, 3.8) is 0 Å². The lowest BCUT2D eigenvalue weighted by Gasteiger charge is -2.30. The highest BCUT2D eigenvalue weighted by Crippen LogP contribution is 2.37. The largest absolute Gasteiger partial charge is 0.352 e. The van der Waals surface area contributed by atoms with Gasteiger partial charge in [0.05, 0.1) is 30.6 Å². The van der Waals surface area contributed by atoms with Crippen LogP contribution in [0.25, 0.3) is 0 Å². The first kappa shape index (κ1) is 27.0. The summed E-state index contributed by atoms with van der Waals surface area (Å²) in [7, 11) is 0. The fourth-order valence-electron chi connectivity index (χ4n) is 4.72. The number of carbonyl (C=O) groups excluding carboxylic acids is 2. The van der Waals surface area contributed by atoms with Crippen LogP contribution in [0.2, 0.25) is 0 Å². The van der Waals surface area contributed by atoms with E-state index in [1.54, 1.807) is 11.8 Å². The lowest BCUT2D eigenvalue weighted by Crippen LogP contribution is -3.13. The molecule has 6 heteroatoms. The van der Waals surface area contributed by atoms with Gasteiger partial charge >= 0.3 is 0 Å². The van der Waals surface area contributed by atoms with Crippen LogP contribution < -0.4 is 15.1 Å². The highest BCUT2D eigenvalue weighted by Gasteiger charge is 2.26. The van der Waals surface area contributed by atoms with Crippen LogP contribution in [0, 0.1) is 13.8 Å². The summed E-state index contributed by atoms with van der Waals surface area (Å²) in [6, 6.07) is 23.1. The summed E-state index contributed by atoms with van der Waals surface area (Å²) >= 11 is 1.54. The summed E-state index contributed by atoms with van der Waals surface area (Å²) in [4.78, 5) is 30.3. The molecule has 5 nitrogen and oxygen atoms in total. The van der Waals surface area contributed by atoms with E-state index in [1.165, 1.54) is 16.0 Å². The van der Waals surface area contributed by atoms with Gasteiger partial charge in [0.15, 0.2) is 0 Å². The predicted octanol–water partition coefficient (Wildman–Crippen LogP) is 4.56. The van der Waals surface area contributed by atoms with E-state index in [9.17, 15) is 9.59 Å². The van der Waals surface area contributed by atoms with Crippen molar-refractivity contribution in [1.82, 2.24) is 5.32 Å². The van der Waals surface area contributed by atoms with E-state index in [0.717, 1.165) is 41.2 Å². The van der Waals surface area contributed by atoms with Gasteiger partial charge in [0.1, 0.15) is 6.54 Å². The van der Waals surface area contributed by atoms with Gasteiger partial charge in [-0.05, 0) is 57.0 Å². The maximum atomic E-state index is 13.0. The minimum atomic E-state index is -0.0911. The Morgan fingerprint density at radius 3 is 2.59 bits per heavy atom. The van der Waals surface area contributed by atoms with Gasteiger partial charge in [-0.2, -0.15) is 0 Å². The SMILES string of the molecule is Cc1ccc(C)c(CN2C(=O)CSc3ccc(C(=O)NCCC[NH+](Cc4ccccc4)C(C)C)cc32)c1. The molecule has 2 N–H and O–H groups in total. The monoisotopic (exact) mass is 516 g/mol. The van der Waals surface area contributed by atoms with Crippen molar-refractivity contribution in [2.24, 2.45) is 0 Å². The molecule has 3 aromatic rings. The van der Waals surface area contributed by atoms with Crippen molar-refractivity contribution >= 4 is 29.3 Å². The molecule has 0 spiro atoms. The number of rotatable bonds is 10. The van der Waals surface area contributed by atoms with Gasteiger partial charge in [-0.25, -0.2) is 0 Å². The third-order valence-corrected chi connectivity index (χ3v) is 8.10. The number of anilines is 1. The molecule has 0 bridgehead atoms. The summed E-state index contributed by atoms with van der Waals surface area (Å²) in [5.41, 5.74) is 6.23. The molecule has 3 aromatic carbocycles. The Hall–Kier alpha value is -3.09. The van der Waals surface area contributed by atoms with E-state index in [-0.39, 0.29) is 11.8 Å². The smallest absolute Gasteiger partial charge is 0.251 e. The summed E-state index contributed by atoms with van der Waals surface area (Å²) in [5.74, 6) is 0.402. The molecule has 1 aliphatic rings. The molecule has 1 aliphatic heterocycles. The summed E-state index contributed by atoms with van der Waals surface area (Å²) < 4.78 is 0.